The number of H-pyrrole nitrogens is 1. The molecule has 0 saturated carbocycles. The van der Waals surface area contributed by atoms with Crippen molar-refractivity contribution in [2.45, 2.75) is 45.4 Å². The Balaban J connectivity index is 1.51. The van der Waals surface area contributed by atoms with E-state index in [4.69, 9.17) is 14.7 Å². The van der Waals surface area contributed by atoms with E-state index in [9.17, 15) is 10.1 Å². The van der Waals surface area contributed by atoms with Crippen molar-refractivity contribution in [1.29, 1.82) is 5.26 Å². The molecular weight excluding hydrogens is 506 g/mol. The molecule has 0 spiro atoms. The average Bonchev–Trinajstić information content (AvgIpc) is 3.40. The third-order valence-corrected chi connectivity index (χ3v) is 7.63. The summed E-state index contributed by atoms with van der Waals surface area (Å²) < 4.78 is 6.24. The average molecular weight is 544 g/mol. The lowest BCUT2D eigenvalue weighted by atomic mass is 10.0. The minimum absolute atomic E-state index is 0.101. The fraction of sp³-hybridized carbons (Fsp3) is 0.483. The van der Waals surface area contributed by atoms with Crippen LogP contribution in [0.1, 0.15) is 30.2 Å². The van der Waals surface area contributed by atoms with E-state index in [0.29, 0.717) is 32.2 Å². The van der Waals surface area contributed by atoms with Crippen molar-refractivity contribution in [3.8, 4) is 12.1 Å². The van der Waals surface area contributed by atoms with Crippen molar-refractivity contribution in [2.24, 2.45) is 0 Å². The van der Waals surface area contributed by atoms with Gasteiger partial charge >= 0.3 is 6.01 Å². The number of benzene rings is 1. The monoisotopic (exact) mass is 543 g/mol. The molecule has 5 rings (SSSR count). The van der Waals surface area contributed by atoms with Gasteiger partial charge in [0, 0.05) is 43.7 Å². The SMILES string of the molecule is C=CC(=O)N1CCN(c2nc(OC(C)CN(C)C)nc3c2CCN(c2c(C)ccc4[nH]ncc24)C3)CC1CC#N. The molecule has 0 radical (unpaired) electrons. The van der Waals surface area contributed by atoms with Gasteiger partial charge in [0.15, 0.2) is 0 Å². The van der Waals surface area contributed by atoms with E-state index in [1.807, 2.05) is 27.2 Å². The molecule has 2 aliphatic rings. The maximum Gasteiger partial charge on any atom is 0.318 e. The van der Waals surface area contributed by atoms with Gasteiger partial charge in [-0.3, -0.25) is 9.89 Å². The molecule has 2 aromatic heterocycles. The summed E-state index contributed by atoms with van der Waals surface area (Å²) in [5, 5.41) is 17.9. The summed E-state index contributed by atoms with van der Waals surface area (Å²) in [5.74, 6) is 0.689. The molecule has 2 unspecified atom stereocenters. The number of piperazine rings is 1. The Bertz CT molecular complexity index is 1440. The van der Waals surface area contributed by atoms with E-state index in [0.717, 1.165) is 53.2 Å². The first-order valence-corrected chi connectivity index (χ1v) is 13.7. The van der Waals surface area contributed by atoms with Crippen LogP contribution in [-0.2, 0) is 17.8 Å². The third-order valence-electron chi connectivity index (χ3n) is 7.63. The fourth-order valence-corrected chi connectivity index (χ4v) is 5.89. The summed E-state index contributed by atoms with van der Waals surface area (Å²) in [7, 11) is 4.02. The molecule has 1 saturated heterocycles. The number of fused-ring (bicyclic) bond motifs is 2. The number of hydrogen-bond donors (Lipinski definition) is 1. The van der Waals surface area contributed by atoms with Gasteiger partial charge in [-0.25, -0.2) is 0 Å². The number of aromatic nitrogens is 4. The smallest absolute Gasteiger partial charge is 0.318 e. The topological polar surface area (TPSA) is 118 Å². The van der Waals surface area contributed by atoms with E-state index in [-0.39, 0.29) is 24.5 Å². The van der Waals surface area contributed by atoms with Gasteiger partial charge in [-0.15, -0.1) is 0 Å². The highest BCUT2D eigenvalue weighted by molar-refractivity contribution is 5.93. The third kappa shape index (κ3) is 5.45. The van der Waals surface area contributed by atoms with Gasteiger partial charge in [-0.05, 0) is 52.1 Å². The van der Waals surface area contributed by atoms with Crippen LogP contribution in [0.2, 0.25) is 0 Å². The number of amides is 1. The van der Waals surface area contributed by atoms with Crippen molar-refractivity contribution in [3.05, 3.63) is 47.8 Å². The lowest BCUT2D eigenvalue weighted by Gasteiger charge is -2.42. The maximum absolute atomic E-state index is 12.5. The van der Waals surface area contributed by atoms with Crippen LogP contribution in [0.4, 0.5) is 11.5 Å². The zero-order chi connectivity index (χ0) is 28.4. The van der Waals surface area contributed by atoms with Crippen LogP contribution in [0.5, 0.6) is 6.01 Å². The molecule has 1 aromatic carbocycles. The number of aryl methyl sites for hydroxylation is 1. The van der Waals surface area contributed by atoms with Gasteiger partial charge in [-0.2, -0.15) is 20.3 Å². The summed E-state index contributed by atoms with van der Waals surface area (Å²) in [5.41, 5.74) is 5.38. The van der Waals surface area contributed by atoms with Gasteiger partial charge in [0.25, 0.3) is 0 Å². The summed E-state index contributed by atoms with van der Waals surface area (Å²) in [4.78, 5) is 30.7. The van der Waals surface area contributed by atoms with Crippen molar-refractivity contribution >= 4 is 28.3 Å². The number of carbonyl (C=O) groups excluding carboxylic acids is 1. The number of aromatic amines is 1. The number of nitriles is 1. The van der Waals surface area contributed by atoms with Crippen LogP contribution in [0.25, 0.3) is 10.9 Å². The first kappa shape index (κ1) is 27.4. The Kier molecular flexibility index (Phi) is 7.89. The maximum atomic E-state index is 12.5. The minimum atomic E-state index is -0.242. The predicted octanol–water partition coefficient (Wildman–Crippen LogP) is 2.67. The van der Waals surface area contributed by atoms with Crippen molar-refractivity contribution in [1.82, 2.24) is 30.0 Å². The van der Waals surface area contributed by atoms with Gasteiger partial charge in [-0.1, -0.05) is 12.6 Å². The minimum Gasteiger partial charge on any atom is -0.459 e. The molecule has 3 aromatic rings. The number of likely N-dealkylation sites (N-methyl/N-ethyl adjacent to an activating group) is 1. The number of rotatable bonds is 8. The lowest BCUT2D eigenvalue weighted by molar-refractivity contribution is -0.128. The van der Waals surface area contributed by atoms with E-state index in [1.54, 1.807) is 4.90 Å². The molecule has 11 nitrogen and oxygen atoms in total. The molecule has 4 heterocycles. The number of nitrogens with zero attached hydrogens (tertiary/aromatic N) is 8. The second-order valence-electron chi connectivity index (χ2n) is 10.9. The number of nitrogens with one attached hydrogen (secondary N) is 1. The Hall–Kier alpha value is -4.17. The van der Waals surface area contributed by atoms with Crippen LogP contribution in [0.3, 0.4) is 0 Å². The standard InChI is InChI=1S/C29H37N9O2/c1-6-26(39)38-14-13-37(17-21(38)9-11-30)28-22-10-12-36(27-19(2)7-8-24-23(27)15-31-34-24)18-25(22)32-29(33-28)40-20(3)16-35(4)5/h6-8,15,20-21H,1,9-10,12-14,16-18H2,2-5H3,(H,31,34). The molecule has 40 heavy (non-hydrogen) atoms. The first-order valence-electron chi connectivity index (χ1n) is 13.7. The Morgan fingerprint density at radius 2 is 2.12 bits per heavy atom. The molecule has 0 aliphatic carbocycles. The van der Waals surface area contributed by atoms with Crippen molar-refractivity contribution in [2.75, 3.05) is 56.6 Å². The summed E-state index contributed by atoms with van der Waals surface area (Å²) in [6.45, 7) is 11.6. The van der Waals surface area contributed by atoms with Crippen LogP contribution in [-0.4, -0.2) is 94.8 Å². The van der Waals surface area contributed by atoms with Crippen molar-refractivity contribution < 1.29 is 9.53 Å². The molecule has 11 heteroatoms. The highest BCUT2D eigenvalue weighted by Crippen LogP contribution is 2.36. The number of carbonyl (C=O) groups is 1. The lowest BCUT2D eigenvalue weighted by Crippen LogP contribution is -2.55. The quantitative estimate of drug-likeness (QED) is 0.428. The molecule has 210 valence electrons. The number of anilines is 2. The molecular formula is C29H37N9O2. The highest BCUT2D eigenvalue weighted by atomic mass is 16.5. The zero-order valence-electron chi connectivity index (χ0n) is 23.7. The molecule has 2 atom stereocenters. The van der Waals surface area contributed by atoms with Gasteiger partial charge in [0.2, 0.25) is 5.91 Å². The van der Waals surface area contributed by atoms with Crippen molar-refractivity contribution in [3.63, 3.8) is 0 Å². The largest absolute Gasteiger partial charge is 0.459 e. The van der Waals surface area contributed by atoms with Gasteiger partial charge in [0.05, 0.1) is 48.2 Å². The molecule has 0 bridgehead atoms. The normalized spacial score (nSPS) is 18.0. The van der Waals surface area contributed by atoms with E-state index < -0.39 is 0 Å². The summed E-state index contributed by atoms with van der Waals surface area (Å²) >= 11 is 0. The Labute approximate surface area is 235 Å². The summed E-state index contributed by atoms with van der Waals surface area (Å²) in [6.07, 6.45) is 4.11. The molecule has 1 fully saturated rings. The van der Waals surface area contributed by atoms with Crippen LogP contribution in [0, 0.1) is 18.3 Å². The Morgan fingerprint density at radius 1 is 1.30 bits per heavy atom. The zero-order valence-corrected chi connectivity index (χ0v) is 23.7. The molecule has 2 aliphatic heterocycles. The second-order valence-corrected chi connectivity index (χ2v) is 10.9. The van der Waals surface area contributed by atoms with Gasteiger partial charge < -0.3 is 24.3 Å². The van der Waals surface area contributed by atoms with Crippen LogP contribution < -0.4 is 14.5 Å². The van der Waals surface area contributed by atoms with E-state index in [1.165, 1.54) is 11.6 Å². The van der Waals surface area contributed by atoms with Crippen LogP contribution in [0.15, 0.2) is 31.0 Å². The van der Waals surface area contributed by atoms with E-state index >= 15 is 0 Å². The van der Waals surface area contributed by atoms with E-state index in [2.05, 4.69) is 56.6 Å². The van der Waals surface area contributed by atoms with Gasteiger partial charge in [0.1, 0.15) is 11.9 Å². The predicted molar refractivity (Wildman–Crippen MR) is 154 cm³/mol. The first-order chi connectivity index (χ1) is 19.3. The second kappa shape index (κ2) is 11.5. The number of ether oxygens (including phenoxy) is 1. The fourth-order valence-electron chi connectivity index (χ4n) is 5.89. The number of hydrogen-bond acceptors (Lipinski definition) is 9. The molecule has 1 N–H and O–H groups in total. The molecule has 1 amide bonds. The Morgan fingerprint density at radius 3 is 2.88 bits per heavy atom. The van der Waals surface area contributed by atoms with Crippen LogP contribution >= 0.6 is 0 Å². The highest BCUT2D eigenvalue weighted by Gasteiger charge is 2.33. The summed E-state index contributed by atoms with van der Waals surface area (Å²) in [6, 6.07) is 6.54.